The van der Waals surface area contributed by atoms with E-state index in [9.17, 15) is 0 Å². The number of nitrogens with one attached hydrogen (secondary N) is 1. The highest BCUT2D eigenvalue weighted by Crippen LogP contribution is 2.47. The molecule has 2 atom stereocenters. The molecular weight excluding hydrogens is 238 g/mol. The molecule has 1 aromatic rings. The van der Waals surface area contributed by atoms with E-state index in [-0.39, 0.29) is 17.2 Å². The van der Waals surface area contributed by atoms with Crippen molar-refractivity contribution in [3.63, 3.8) is 0 Å². The molecule has 1 aliphatic heterocycles. The van der Waals surface area contributed by atoms with Crippen molar-refractivity contribution >= 4 is 0 Å². The summed E-state index contributed by atoms with van der Waals surface area (Å²) < 4.78 is 8.10. The molecule has 0 bridgehead atoms. The molecule has 2 rings (SSSR count). The summed E-state index contributed by atoms with van der Waals surface area (Å²) in [6, 6.07) is 2.36. The molecule has 0 radical (unpaired) electrons. The Morgan fingerprint density at radius 2 is 2.16 bits per heavy atom. The van der Waals surface area contributed by atoms with Crippen LogP contribution in [0.25, 0.3) is 0 Å². The molecule has 0 spiro atoms. The number of aromatic nitrogens is 2. The van der Waals surface area contributed by atoms with Gasteiger partial charge in [0.15, 0.2) is 0 Å². The van der Waals surface area contributed by atoms with Crippen LogP contribution in [0.5, 0.6) is 0 Å². The van der Waals surface area contributed by atoms with Crippen molar-refractivity contribution in [1.82, 2.24) is 15.1 Å². The predicted octanol–water partition coefficient (Wildman–Crippen LogP) is 2.66. The molecule has 0 amide bonds. The normalized spacial score (nSPS) is 26.5. The van der Waals surface area contributed by atoms with Crippen molar-refractivity contribution < 1.29 is 4.74 Å². The van der Waals surface area contributed by atoms with Crippen LogP contribution in [0.2, 0.25) is 0 Å². The predicted molar refractivity (Wildman–Crippen MR) is 77.0 cm³/mol. The molecule has 4 heteroatoms. The summed E-state index contributed by atoms with van der Waals surface area (Å²) in [6.07, 6.45) is 3.06. The third-order valence-electron chi connectivity index (χ3n) is 4.02. The second-order valence-electron chi connectivity index (χ2n) is 6.73. The number of nitrogens with zero attached hydrogens (tertiary/aromatic N) is 2. The maximum atomic E-state index is 6.23. The second kappa shape index (κ2) is 4.91. The Kier molecular flexibility index (Phi) is 3.76. The topological polar surface area (TPSA) is 39.1 Å². The van der Waals surface area contributed by atoms with Gasteiger partial charge in [0.2, 0.25) is 0 Å². The van der Waals surface area contributed by atoms with E-state index in [1.54, 1.807) is 0 Å². The molecule has 1 aromatic heterocycles. The first-order valence-electron chi connectivity index (χ1n) is 7.18. The van der Waals surface area contributed by atoms with Crippen molar-refractivity contribution in [2.45, 2.75) is 58.3 Å². The molecular formula is C15H27N3O. The van der Waals surface area contributed by atoms with Gasteiger partial charge in [0.1, 0.15) is 0 Å². The van der Waals surface area contributed by atoms with Crippen LogP contribution in [-0.4, -0.2) is 27.5 Å². The van der Waals surface area contributed by atoms with Crippen LogP contribution in [-0.2, 0) is 11.8 Å². The quantitative estimate of drug-likeness (QED) is 0.909. The summed E-state index contributed by atoms with van der Waals surface area (Å²) in [5, 5.41) is 8.18. The lowest BCUT2D eigenvalue weighted by atomic mass is 9.80. The van der Waals surface area contributed by atoms with Crippen LogP contribution in [0, 0.1) is 5.92 Å². The van der Waals surface area contributed by atoms with E-state index in [2.05, 4.69) is 51.1 Å². The van der Waals surface area contributed by atoms with E-state index in [0.717, 1.165) is 18.7 Å². The van der Waals surface area contributed by atoms with Crippen molar-refractivity contribution in [2.24, 2.45) is 13.0 Å². The molecule has 0 aliphatic carbocycles. The number of ether oxygens (including phenoxy) is 1. The minimum Gasteiger partial charge on any atom is -0.369 e. The average Bonchev–Trinajstić information content (AvgIpc) is 2.76. The van der Waals surface area contributed by atoms with E-state index in [4.69, 9.17) is 4.74 Å². The smallest absolute Gasteiger partial charge is 0.0797 e. The van der Waals surface area contributed by atoms with Gasteiger partial charge in [-0.3, -0.25) is 4.68 Å². The maximum absolute atomic E-state index is 6.23. The first-order chi connectivity index (χ1) is 8.75. The summed E-state index contributed by atoms with van der Waals surface area (Å²) in [5.74, 6) is 0.428. The van der Waals surface area contributed by atoms with E-state index in [0.29, 0.717) is 5.92 Å². The third-order valence-corrected chi connectivity index (χ3v) is 4.02. The highest BCUT2D eigenvalue weighted by molar-refractivity contribution is 5.12. The molecule has 1 saturated heterocycles. The average molecular weight is 265 g/mol. The minimum absolute atomic E-state index is 0.0589. The lowest BCUT2D eigenvalue weighted by molar-refractivity contribution is -0.0779. The summed E-state index contributed by atoms with van der Waals surface area (Å²) >= 11 is 0. The van der Waals surface area contributed by atoms with E-state index < -0.39 is 0 Å². The zero-order chi connectivity index (χ0) is 14.3. The van der Waals surface area contributed by atoms with Crippen molar-refractivity contribution in [1.29, 1.82) is 0 Å². The summed E-state index contributed by atoms with van der Waals surface area (Å²) in [6.45, 7) is 11.8. The number of rotatable bonds is 4. The molecule has 2 heterocycles. The van der Waals surface area contributed by atoms with E-state index >= 15 is 0 Å². The Morgan fingerprint density at radius 1 is 1.47 bits per heavy atom. The van der Waals surface area contributed by atoms with Crippen LogP contribution >= 0.6 is 0 Å². The van der Waals surface area contributed by atoms with Gasteiger partial charge in [0.25, 0.3) is 0 Å². The Balaban J connectivity index is 2.29. The van der Waals surface area contributed by atoms with Crippen LogP contribution in [0.15, 0.2) is 12.3 Å². The second-order valence-corrected chi connectivity index (χ2v) is 6.73. The van der Waals surface area contributed by atoms with Crippen LogP contribution < -0.4 is 5.32 Å². The van der Waals surface area contributed by atoms with Gasteiger partial charge in [-0.1, -0.05) is 6.92 Å². The molecule has 1 aliphatic rings. The Bertz CT molecular complexity index is 436. The van der Waals surface area contributed by atoms with Gasteiger partial charge < -0.3 is 10.1 Å². The largest absolute Gasteiger partial charge is 0.369 e. The standard InChI is InChI=1S/C15H27N3O/c1-7-16-13(12-8-9-18(6)17-12)11-10-14(2,3)19-15(11,4)5/h8-9,11,13,16H,7,10H2,1-6H3. The lowest BCUT2D eigenvalue weighted by Crippen LogP contribution is -2.38. The fraction of sp³-hybridized carbons (Fsp3) is 0.800. The van der Waals surface area contributed by atoms with E-state index in [1.807, 2.05) is 17.9 Å². The number of hydrogen-bond acceptors (Lipinski definition) is 3. The molecule has 1 fully saturated rings. The molecule has 2 unspecified atom stereocenters. The highest BCUT2D eigenvalue weighted by Gasteiger charge is 2.49. The number of aryl methyl sites for hydroxylation is 1. The first-order valence-corrected chi connectivity index (χ1v) is 7.18. The van der Waals surface area contributed by atoms with Crippen LogP contribution in [0.4, 0.5) is 0 Å². The van der Waals surface area contributed by atoms with Gasteiger partial charge in [0.05, 0.1) is 22.9 Å². The zero-order valence-corrected chi connectivity index (χ0v) is 13.0. The van der Waals surface area contributed by atoms with Gasteiger partial charge in [-0.25, -0.2) is 0 Å². The van der Waals surface area contributed by atoms with Gasteiger partial charge in [0, 0.05) is 19.2 Å². The fourth-order valence-corrected chi connectivity index (χ4v) is 3.40. The molecule has 0 aromatic carbocycles. The molecule has 1 N–H and O–H groups in total. The summed E-state index contributed by atoms with van der Waals surface area (Å²) in [4.78, 5) is 0. The van der Waals surface area contributed by atoms with Crippen LogP contribution in [0.1, 0.15) is 52.8 Å². The van der Waals surface area contributed by atoms with Gasteiger partial charge in [-0.05, 0) is 46.7 Å². The molecule has 19 heavy (non-hydrogen) atoms. The Labute approximate surface area is 116 Å². The monoisotopic (exact) mass is 265 g/mol. The number of hydrogen-bond donors (Lipinski definition) is 1. The minimum atomic E-state index is -0.131. The molecule has 108 valence electrons. The summed E-state index contributed by atoms with van der Waals surface area (Å²) in [7, 11) is 1.97. The first kappa shape index (κ1) is 14.5. The van der Waals surface area contributed by atoms with Crippen molar-refractivity contribution in [3.05, 3.63) is 18.0 Å². The van der Waals surface area contributed by atoms with Crippen LogP contribution in [0.3, 0.4) is 0 Å². The molecule has 0 saturated carbocycles. The summed E-state index contributed by atoms with van der Waals surface area (Å²) in [5.41, 5.74) is 0.925. The molecule has 4 nitrogen and oxygen atoms in total. The fourth-order valence-electron chi connectivity index (χ4n) is 3.40. The third kappa shape index (κ3) is 3.00. The van der Waals surface area contributed by atoms with Crippen molar-refractivity contribution in [3.8, 4) is 0 Å². The Hall–Kier alpha value is -0.870. The van der Waals surface area contributed by atoms with Gasteiger partial charge >= 0.3 is 0 Å². The highest BCUT2D eigenvalue weighted by atomic mass is 16.5. The van der Waals surface area contributed by atoms with Gasteiger partial charge in [-0.2, -0.15) is 5.10 Å². The maximum Gasteiger partial charge on any atom is 0.0797 e. The SMILES string of the molecule is CCNC(c1ccn(C)n1)C1CC(C)(C)OC1(C)C. The zero-order valence-electron chi connectivity index (χ0n) is 13.0. The van der Waals surface area contributed by atoms with E-state index in [1.165, 1.54) is 0 Å². The lowest BCUT2D eigenvalue weighted by Gasteiger charge is -2.32. The Morgan fingerprint density at radius 3 is 2.58 bits per heavy atom. The van der Waals surface area contributed by atoms with Gasteiger partial charge in [-0.15, -0.1) is 0 Å². The van der Waals surface area contributed by atoms with Crippen molar-refractivity contribution in [2.75, 3.05) is 6.54 Å².